The number of nitrogens with zero attached hydrogens (tertiary/aromatic N) is 1. The second-order valence-corrected chi connectivity index (χ2v) is 4.96. The lowest BCUT2D eigenvalue weighted by Gasteiger charge is -2.17. The number of nitroso groups, excluding NO2 is 1. The summed E-state index contributed by atoms with van der Waals surface area (Å²) >= 11 is 0. The van der Waals surface area contributed by atoms with Crippen molar-refractivity contribution in [3.8, 4) is 0 Å². The van der Waals surface area contributed by atoms with Crippen molar-refractivity contribution in [3.05, 3.63) is 46.2 Å². The number of hydrogen-bond acceptors (Lipinski definition) is 4. The fraction of sp³-hybridized carbons (Fsp3) is 0.357. The first kappa shape index (κ1) is 15.1. The van der Waals surface area contributed by atoms with Gasteiger partial charge in [0.25, 0.3) is 11.8 Å². The highest BCUT2D eigenvalue weighted by molar-refractivity contribution is 6.03. The largest absolute Gasteiger partial charge is 0.510 e. The highest BCUT2D eigenvalue weighted by Gasteiger charge is 2.47. The summed E-state index contributed by atoms with van der Waals surface area (Å²) in [6.45, 7) is 1.13. The van der Waals surface area contributed by atoms with Gasteiger partial charge < -0.3 is 10.4 Å². The summed E-state index contributed by atoms with van der Waals surface area (Å²) in [6, 6.07) is 5.26. The van der Waals surface area contributed by atoms with Crippen LogP contribution < -0.4 is 5.32 Å². The Balaban J connectivity index is 2.20. The maximum absolute atomic E-state index is 14.0. The molecule has 1 aliphatic carbocycles. The van der Waals surface area contributed by atoms with Crippen molar-refractivity contribution in [3.63, 3.8) is 0 Å². The number of carbonyl (C=O) groups is 1. The Bertz CT molecular complexity index is 606. The third-order valence-electron chi connectivity index (χ3n) is 3.24. The number of hydrogen-bond donors (Lipinski definition) is 2. The van der Waals surface area contributed by atoms with Crippen LogP contribution in [0.4, 0.5) is 14.5 Å². The van der Waals surface area contributed by atoms with Crippen LogP contribution in [0, 0.1) is 10.8 Å². The molecule has 0 spiro atoms. The van der Waals surface area contributed by atoms with Crippen LogP contribution in [0.25, 0.3) is 0 Å². The van der Waals surface area contributed by atoms with Crippen molar-refractivity contribution in [1.82, 2.24) is 0 Å². The third-order valence-corrected chi connectivity index (χ3v) is 3.24. The van der Waals surface area contributed by atoms with E-state index in [1.54, 1.807) is 0 Å². The summed E-state index contributed by atoms with van der Waals surface area (Å²) < 4.78 is 28.0. The van der Waals surface area contributed by atoms with E-state index in [2.05, 4.69) is 10.5 Å². The van der Waals surface area contributed by atoms with Crippen molar-refractivity contribution in [2.75, 3.05) is 5.32 Å². The summed E-state index contributed by atoms with van der Waals surface area (Å²) in [6.07, 6.45) is 0.963. The molecule has 21 heavy (non-hydrogen) atoms. The number of amides is 1. The Morgan fingerprint density at radius 2 is 2.10 bits per heavy atom. The molecule has 0 saturated heterocycles. The zero-order valence-corrected chi connectivity index (χ0v) is 11.3. The second-order valence-electron chi connectivity index (χ2n) is 4.96. The summed E-state index contributed by atoms with van der Waals surface area (Å²) in [5.74, 6) is -5.08. The van der Waals surface area contributed by atoms with Crippen LogP contribution in [-0.4, -0.2) is 11.0 Å². The molecule has 2 N–H and O–H groups in total. The Hall–Kier alpha value is -2.31. The number of anilines is 1. The number of carbonyl (C=O) groups excluding carboxylic acids is 1. The predicted molar refractivity (Wildman–Crippen MR) is 72.8 cm³/mol. The molecule has 7 heteroatoms. The first-order valence-electron chi connectivity index (χ1n) is 6.39. The number of benzene rings is 1. The van der Waals surface area contributed by atoms with Gasteiger partial charge in [0.15, 0.2) is 0 Å². The van der Waals surface area contributed by atoms with E-state index >= 15 is 0 Å². The smallest absolute Gasteiger partial charge is 0.281 e. The molecule has 1 aliphatic rings. The van der Waals surface area contributed by atoms with Crippen molar-refractivity contribution in [2.45, 2.75) is 25.7 Å². The average molecular weight is 296 g/mol. The molecular formula is C14H14F2N2O3. The molecule has 0 atom stereocenters. The van der Waals surface area contributed by atoms with Crippen molar-refractivity contribution < 1.29 is 18.7 Å². The lowest BCUT2D eigenvalue weighted by atomic mass is 10.0. The molecule has 112 valence electrons. The van der Waals surface area contributed by atoms with Crippen molar-refractivity contribution in [2.24, 2.45) is 11.1 Å². The maximum Gasteiger partial charge on any atom is 0.281 e. The molecule has 0 heterocycles. The van der Waals surface area contributed by atoms with Crippen LogP contribution in [0.15, 0.2) is 40.9 Å². The van der Waals surface area contributed by atoms with Crippen molar-refractivity contribution in [1.29, 1.82) is 0 Å². The maximum atomic E-state index is 14.0. The molecule has 1 aromatic rings. The minimum Gasteiger partial charge on any atom is -0.510 e. The second kappa shape index (κ2) is 5.59. The van der Waals surface area contributed by atoms with E-state index < -0.39 is 29.2 Å². The molecule has 0 unspecified atom stereocenters. The Kier molecular flexibility index (Phi) is 4.02. The van der Waals surface area contributed by atoms with Gasteiger partial charge in [0.2, 0.25) is 5.70 Å². The Morgan fingerprint density at radius 3 is 2.62 bits per heavy atom. The van der Waals surface area contributed by atoms with E-state index in [0.717, 1.165) is 13.0 Å². The molecule has 1 saturated carbocycles. The molecule has 0 radical (unpaired) electrons. The first-order chi connectivity index (χ1) is 9.86. The number of aliphatic hydroxyl groups excluding tert-OH is 1. The minimum absolute atomic E-state index is 0.111. The molecule has 1 fully saturated rings. The normalized spacial score (nSPS) is 16.1. The molecule has 0 aliphatic heterocycles. The highest BCUT2D eigenvalue weighted by atomic mass is 19.3. The fourth-order valence-electron chi connectivity index (χ4n) is 1.95. The summed E-state index contributed by atoms with van der Waals surface area (Å²) in [5, 5.41) is 13.8. The van der Waals surface area contributed by atoms with Gasteiger partial charge in [-0.15, -0.1) is 4.91 Å². The number of allylic oxidation sites excluding steroid dienone is 1. The van der Waals surface area contributed by atoms with Gasteiger partial charge in [0.05, 0.1) is 0 Å². The lowest BCUT2D eigenvalue weighted by molar-refractivity contribution is -0.113. The average Bonchev–Trinajstić information content (AvgIpc) is 3.23. The monoisotopic (exact) mass is 296 g/mol. The van der Waals surface area contributed by atoms with Gasteiger partial charge in [-0.3, -0.25) is 4.79 Å². The fourth-order valence-corrected chi connectivity index (χ4v) is 1.95. The minimum atomic E-state index is -2.94. The molecule has 1 aromatic carbocycles. The van der Waals surface area contributed by atoms with E-state index in [1.807, 2.05) is 0 Å². The quantitative estimate of drug-likeness (QED) is 0.494. The SMILES string of the molecule is C/C(O)=C(\N=O)C(=O)Nc1cccc(C(F)(F)C2CC2)c1. The lowest BCUT2D eigenvalue weighted by Crippen LogP contribution is -2.18. The number of nitrogens with one attached hydrogen (secondary N) is 1. The van der Waals surface area contributed by atoms with E-state index in [0.29, 0.717) is 12.8 Å². The zero-order chi connectivity index (χ0) is 15.6. The Labute approximate surface area is 119 Å². The van der Waals surface area contributed by atoms with Gasteiger partial charge in [0.1, 0.15) is 5.76 Å². The van der Waals surface area contributed by atoms with Gasteiger partial charge >= 0.3 is 0 Å². The van der Waals surface area contributed by atoms with Crippen LogP contribution in [0.5, 0.6) is 0 Å². The van der Waals surface area contributed by atoms with E-state index in [1.165, 1.54) is 18.2 Å². The molecule has 5 nitrogen and oxygen atoms in total. The van der Waals surface area contributed by atoms with Gasteiger partial charge in [0, 0.05) is 17.2 Å². The Morgan fingerprint density at radius 1 is 1.43 bits per heavy atom. The van der Waals surface area contributed by atoms with Crippen LogP contribution >= 0.6 is 0 Å². The van der Waals surface area contributed by atoms with Crippen LogP contribution in [-0.2, 0) is 10.7 Å². The number of halogens is 2. The molecule has 0 aromatic heterocycles. The van der Waals surface area contributed by atoms with Gasteiger partial charge in [-0.05, 0) is 37.1 Å². The molecular weight excluding hydrogens is 282 g/mol. The number of rotatable bonds is 5. The van der Waals surface area contributed by atoms with Crippen molar-refractivity contribution >= 4 is 11.6 Å². The first-order valence-corrected chi connectivity index (χ1v) is 6.39. The molecule has 2 rings (SSSR count). The highest BCUT2D eigenvalue weighted by Crippen LogP contribution is 2.49. The predicted octanol–water partition coefficient (Wildman–Crippen LogP) is 3.68. The van der Waals surface area contributed by atoms with E-state index in [9.17, 15) is 18.5 Å². The number of alkyl halides is 2. The summed E-state index contributed by atoms with van der Waals surface area (Å²) in [4.78, 5) is 22.1. The van der Waals surface area contributed by atoms with Gasteiger partial charge in [-0.1, -0.05) is 12.1 Å². The summed E-state index contributed by atoms with van der Waals surface area (Å²) in [5.41, 5.74) is -0.761. The number of aliphatic hydroxyl groups is 1. The van der Waals surface area contributed by atoms with Gasteiger partial charge in [-0.2, -0.15) is 0 Å². The topological polar surface area (TPSA) is 78.8 Å². The molecule has 0 bridgehead atoms. The van der Waals surface area contributed by atoms with E-state index in [4.69, 9.17) is 5.11 Å². The summed E-state index contributed by atoms with van der Waals surface area (Å²) in [7, 11) is 0. The third kappa shape index (κ3) is 3.24. The zero-order valence-electron chi connectivity index (χ0n) is 11.3. The van der Waals surface area contributed by atoms with Crippen LogP contribution in [0.1, 0.15) is 25.3 Å². The van der Waals surface area contributed by atoms with Gasteiger partial charge in [-0.25, -0.2) is 8.78 Å². The van der Waals surface area contributed by atoms with Crippen LogP contribution in [0.2, 0.25) is 0 Å². The standard InChI is InChI=1S/C14H14F2N2O3/c1-8(19)12(18-21)13(20)17-11-4-2-3-10(7-11)14(15,16)9-5-6-9/h2-4,7,9,19H,5-6H2,1H3,(H,17,20)/b12-8+. The van der Waals surface area contributed by atoms with E-state index in [-0.39, 0.29) is 11.3 Å². The van der Waals surface area contributed by atoms with Crippen LogP contribution in [0.3, 0.4) is 0 Å². The molecule has 1 amide bonds.